The van der Waals surface area contributed by atoms with E-state index in [-0.39, 0.29) is 11.7 Å². The number of nitrogens with zero attached hydrogens (tertiary/aromatic N) is 1. The minimum Gasteiger partial charge on any atom is -0.301 e. The van der Waals surface area contributed by atoms with Crippen LogP contribution in [0.25, 0.3) is 0 Å². The molecule has 1 unspecified atom stereocenters. The summed E-state index contributed by atoms with van der Waals surface area (Å²) in [4.78, 5) is 13.9. The Hall–Kier alpha value is -1.22. The average molecular weight is 249 g/mol. The molecule has 0 saturated heterocycles. The van der Waals surface area contributed by atoms with Gasteiger partial charge >= 0.3 is 0 Å². The number of carbonyl (C=O) groups excluding carboxylic acids is 1. The van der Waals surface area contributed by atoms with Gasteiger partial charge in [0.15, 0.2) is 0 Å². The van der Waals surface area contributed by atoms with E-state index >= 15 is 0 Å². The predicted octanol–water partition coefficient (Wildman–Crippen LogP) is 3.02. The number of ketones is 1. The topological polar surface area (TPSA) is 20.3 Å². The zero-order valence-corrected chi connectivity index (χ0v) is 10.9. The minimum absolute atomic E-state index is 0.178. The Morgan fingerprint density at radius 2 is 2.22 bits per heavy atom. The maximum atomic E-state index is 13.1. The molecule has 1 saturated carbocycles. The van der Waals surface area contributed by atoms with E-state index in [9.17, 15) is 9.18 Å². The average Bonchev–Trinajstić information content (AvgIpc) is 2.32. The molecule has 98 valence electrons. The van der Waals surface area contributed by atoms with Gasteiger partial charge in [-0.05, 0) is 37.6 Å². The van der Waals surface area contributed by atoms with E-state index in [0.717, 1.165) is 37.8 Å². The summed E-state index contributed by atoms with van der Waals surface area (Å²) in [5.74, 6) is 0.374. The lowest BCUT2D eigenvalue weighted by atomic mass is 9.87. The second kappa shape index (κ2) is 6.10. The van der Waals surface area contributed by atoms with E-state index in [1.807, 2.05) is 13.1 Å². The van der Waals surface area contributed by atoms with Crippen molar-refractivity contribution in [2.45, 2.75) is 32.2 Å². The molecule has 1 aliphatic rings. The van der Waals surface area contributed by atoms with E-state index < -0.39 is 0 Å². The van der Waals surface area contributed by atoms with Gasteiger partial charge in [0.2, 0.25) is 0 Å². The molecule has 2 nitrogen and oxygen atoms in total. The van der Waals surface area contributed by atoms with Gasteiger partial charge in [0, 0.05) is 25.4 Å². The third-order valence-corrected chi connectivity index (χ3v) is 3.55. The van der Waals surface area contributed by atoms with Gasteiger partial charge in [0.25, 0.3) is 0 Å². The van der Waals surface area contributed by atoms with Crippen LogP contribution in [0.15, 0.2) is 24.3 Å². The van der Waals surface area contributed by atoms with Crippen molar-refractivity contribution in [1.82, 2.24) is 4.90 Å². The molecule has 3 heteroatoms. The number of Topliss-reactive ketones (excluding diaryl/α,β-unsaturated/α-hetero) is 1. The Morgan fingerprint density at radius 1 is 1.39 bits per heavy atom. The fourth-order valence-corrected chi connectivity index (χ4v) is 2.64. The third kappa shape index (κ3) is 3.64. The zero-order valence-electron chi connectivity index (χ0n) is 10.9. The molecule has 0 aromatic heterocycles. The SMILES string of the molecule is CN(Cc1cccc(F)c1)CC1CCCCC1=O. The molecule has 1 atom stereocenters. The van der Waals surface area contributed by atoms with Gasteiger partial charge in [-0.1, -0.05) is 18.6 Å². The fourth-order valence-electron chi connectivity index (χ4n) is 2.64. The largest absolute Gasteiger partial charge is 0.301 e. The van der Waals surface area contributed by atoms with Crippen LogP contribution < -0.4 is 0 Å². The highest BCUT2D eigenvalue weighted by molar-refractivity contribution is 5.81. The fraction of sp³-hybridized carbons (Fsp3) is 0.533. The first kappa shape index (κ1) is 13.2. The second-order valence-corrected chi connectivity index (χ2v) is 5.24. The lowest BCUT2D eigenvalue weighted by Crippen LogP contribution is -2.32. The summed E-state index contributed by atoms with van der Waals surface area (Å²) in [7, 11) is 1.99. The molecule has 0 spiro atoms. The molecule has 18 heavy (non-hydrogen) atoms. The van der Waals surface area contributed by atoms with Crippen molar-refractivity contribution < 1.29 is 9.18 Å². The minimum atomic E-state index is -0.199. The number of hydrogen-bond donors (Lipinski definition) is 0. The van der Waals surface area contributed by atoms with Crippen molar-refractivity contribution in [3.05, 3.63) is 35.6 Å². The van der Waals surface area contributed by atoms with Crippen molar-refractivity contribution in [1.29, 1.82) is 0 Å². The lowest BCUT2D eigenvalue weighted by Gasteiger charge is -2.26. The van der Waals surface area contributed by atoms with Crippen molar-refractivity contribution in [3.8, 4) is 0 Å². The summed E-state index contributed by atoms with van der Waals surface area (Å²) >= 11 is 0. The normalized spacial score (nSPS) is 20.4. The molecule has 0 aliphatic heterocycles. The zero-order chi connectivity index (χ0) is 13.0. The Bertz CT molecular complexity index is 419. The van der Waals surface area contributed by atoms with E-state index in [1.54, 1.807) is 12.1 Å². The van der Waals surface area contributed by atoms with Gasteiger partial charge in [0.05, 0.1) is 0 Å². The van der Waals surface area contributed by atoms with Gasteiger partial charge in [-0.15, -0.1) is 0 Å². The van der Waals surface area contributed by atoms with Crippen LogP contribution in [0.4, 0.5) is 4.39 Å². The summed E-state index contributed by atoms with van der Waals surface area (Å²) in [6, 6.07) is 6.65. The van der Waals surface area contributed by atoms with E-state index in [4.69, 9.17) is 0 Å². The molecule has 1 fully saturated rings. The second-order valence-electron chi connectivity index (χ2n) is 5.24. The Morgan fingerprint density at radius 3 is 2.94 bits per heavy atom. The van der Waals surface area contributed by atoms with Crippen LogP contribution >= 0.6 is 0 Å². The Kier molecular flexibility index (Phi) is 4.48. The molecule has 0 N–H and O–H groups in total. The first-order chi connectivity index (χ1) is 8.65. The van der Waals surface area contributed by atoms with Crippen LogP contribution in [-0.4, -0.2) is 24.3 Å². The molecule has 2 rings (SSSR count). The summed E-state index contributed by atoms with van der Waals surface area (Å²) in [5.41, 5.74) is 0.959. The first-order valence-corrected chi connectivity index (χ1v) is 6.61. The molecular weight excluding hydrogens is 229 g/mol. The number of halogens is 1. The quantitative estimate of drug-likeness (QED) is 0.817. The molecule has 0 bridgehead atoms. The number of benzene rings is 1. The van der Waals surface area contributed by atoms with Gasteiger partial charge in [0.1, 0.15) is 11.6 Å². The molecule has 0 radical (unpaired) electrons. The van der Waals surface area contributed by atoms with Crippen molar-refractivity contribution >= 4 is 5.78 Å². The summed E-state index contributed by atoms with van der Waals surface area (Å²) in [6.07, 6.45) is 3.94. The maximum Gasteiger partial charge on any atom is 0.137 e. The number of hydrogen-bond acceptors (Lipinski definition) is 2. The van der Waals surface area contributed by atoms with Crippen LogP contribution in [0.1, 0.15) is 31.2 Å². The number of rotatable bonds is 4. The van der Waals surface area contributed by atoms with Crippen LogP contribution in [0.2, 0.25) is 0 Å². The van der Waals surface area contributed by atoms with Gasteiger partial charge in [-0.3, -0.25) is 4.79 Å². The van der Waals surface area contributed by atoms with E-state index in [1.165, 1.54) is 6.07 Å². The van der Waals surface area contributed by atoms with Crippen molar-refractivity contribution in [2.75, 3.05) is 13.6 Å². The van der Waals surface area contributed by atoms with Crippen LogP contribution in [0.5, 0.6) is 0 Å². The van der Waals surface area contributed by atoms with Gasteiger partial charge in [-0.2, -0.15) is 0 Å². The Labute approximate surface area is 108 Å². The standard InChI is InChI=1S/C15H20FNO/c1-17(10-12-5-4-7-14(16)9-12)11-13-6-2-3-8-15(13)18/h4-5,7,9,13H,2-3,6,8,10-11H2,1H3. The summed E-state index contributed by atoms with van der Waals surface area (Å²) in [6.45, 7) is 1.48. The third-order valence-electron chi connectivity index (χ3n) is 3.55. The van der Waals surface area contributed by atoms with Crippen LogP contribution in [0, 0.1) is 11.7 Å². The van der Waals surface area contributed by atoms with Gasteiger partial charge < -0.3 is 4.90 Å². The van der Waals surface area contributed by atoms with Gasteiger partial charge in [-0.25, -0.2) is 4.39 Å². The summed E-state index contributed by atoms with van der Waals surface area (Å²) in [5, 5.41) is 0. The molecular formula is C15H20FNO. The van der Waals surface area contributed by atoms with Crippen molar-refractivity contribution in [2.24, 2.45) is 5.92 Å². The highest BCUT2D eigenvalue weighted by Crippen LogP contribution is 2.21. The number of carbonyl (C=O) groups is 1. The monoisotopic (exact) mass is 249 g/mol. The molecule has 1 aromatic carbocycles. The highest BCUT2D eigenvalue weighted by Gasteiger charge is 2.23. The molecule has 1 aromatic rings. The van der Waals surface area contributed by atoms with E-state index in [2.05, 4.69) is 4.90 Å². The predicted molar refractivity (Wildman–Crippen MR) is 69.7 cm³/mol. The highest BCUT2D eigenvalue weighted by atomic mass is 19.1. The van der Waals surface area contributed by atoms with Crippen LogP contribution in [-0.2, 0) is 11.3 Å². The Balaban J connectivity index is 1.88. The van der Waals surface area contributed by atoms with E-state index in [0.29, 0.717) is 12.3 Å². The molecule has 0 amide bonds. The molecule has 0 heterocycles. The summed E-state index contributed by atoms with van der Waals surface area (Å²) < 4.78 is 13.1. The van der Waals surface area contributed by atoms with Crippen molar-refractivity contribution in [3.63, 3.8) is 0 Å². The first-order valence-electron chi connectivity index (χ1n) is 6.61. The maximum absolute atomic E-state index is 13.1. The smallest absolute Gasteiger partial charge is 0.137 e. The van der Waals surface area contributed by atoms with Crippen LogP contribution in [0.3, 0.4) is 0 Å². The molecule has 1 aliphatic carbocycles. The lowest BCUT2D eigenvalue weighted by molar-refractivity contribution is -0.125.